The van der Waals surface area contributed by atoms with Crippen molar-refractivity contribution in [3.8, 4) is 56.3 Å². The van der Waals surface area contributed by atoms with E-state index in [-0.39, 0.29) is 0 Å². The minimum absolute atomic E-state index is 0.826. The van der Waals surface area contributed by atoms with Gasteiger partial charge in [-0.25, -0.2) is 9.97 Å². The first-order valence-corrected chi connectivity index (χ1v) is 35.4. The summed E-state index contributed by atoms with van der Waals surface area (Å²) in [4.78, 5) is 15.1. The first kappa shape index (κ1) is 57.9. The van der Waals surface area contributed by atoms with Crippen LogP contribution in [0.15, 0.2) is 355 Å². The van der Waals surface area contributed by atoms with Gasteiger partial charge in [0.2, 0.25) is 0 Å². The molecule has 23 rings (SSSR count). The molecule has 0 radical (unpaired) electrons. The van der Waals surface area contributed by atoms with Crippen LogP contribution in [0.1, 0.15) is 0 Å². The van der Waals surface area contributed by atoms with Crippen molar-refractivity contribution in [1.29, 1.82) is 0 Å². The third-order valence-electron chi connectivity index (χ3n) is 21.6. The Labute approximate surface area is 594 Å². The molecule has 0 aliphatic carbocycles. The van der Waals surface area contributed by atoms with E-state index in [1.165, 1.54) is 80.8 Å². The summed E-state index contributed by atoms with van der Waals surface area (Å²) in [6, 6.07) is 119. The highest BCUT2D eigenvalue weighted by molar-refractivity contribution is 6.46. The molecule has 0 unspecified atom stereocenters. The lowest BCUT2D eigenvalue weighted by Crippen LogP contribution is -2.00. The Balaban J connectivity index is 0.000000132. The Morgan fingerprint density at radius 1 is 0.250 bits per heavy atom. The molecular weight excluding hydrogens is 1270 g/mol. The maximum Gasteiger partial charge on any atom is 0.160 e. The molecule has 0 saturated heterocycles. The van der Waals surface area contributed by atoms with Gasteiger partial charge in [-0.15, -0.1) is 0 Å². The molecule has 0 N–H and O–H groups in total. The predicted octanol–water partition coefficient (Wildman–Crippen LogP) is 26.3. The second kappa shape index (κ2) is 22.8. The minimum atomic E-state index is 0.826. The number of furan rings is 2. The van der Waals surface area contributed by atoms with E-state index in [0.29, 0.717) is 0 Å². The molecule has 7 heterocycles. The standard InChI is InChI=1S/C53H32N2O.C44H25N3O/c1-3-16-33(17-4-1)36-31-44(34-18-5-2-6-19-34)54-45(32-36)35-20-15-21-37(30-35)55-46-28-13-11-26-42(46)50-48-40-24-9-7-22-38(40)39-23-8-10-25-41(39)49(48)51-43-27-12-14-29-47(43)56-53(51)52(50)55;1-2-12-26(13-3-1)34-24-38(46-35-25-45-23-22-29(34)35)47-36-20-10-8-18-32(36)41-39-30-16-6-4-14-27(30)28-15-5-7-17-31(28)40(39)42-33-19-9-11-21-37(33)48-44(42)43(41)47/h1-32H;1-25H. The number of fused-ring (bicyclic) bond motifs is 31. The van der Waals surface area contributed by atoms with Gasteiger partial charge in [0.25, 0.3) is 0 Å². The van der Waals surface area contributed by atoms with E-state index in [1.54, 1.807) is 0 Å². The maximum absolute atomic E-state index is 7.04. The Hall–Kier alpha value is -14.0. The monoisotopic (exact) mass is 1320 g/mol. The average Bonchev–Trinajstić information content (AvgIpc) is 1.51. The molecule has 104 heavy (non-hydrogen) atoms. The van der Waals surface area contributed by atoms with Crippen molar-refractivity contribution in [2.45, 2.75) is 0 Å². The number of nitrogens with zero attached hydrogens (tertiary/aromatic N) is 5. The fraction of sp³-hybridized carbons (Fsp3) is 0. The van der Waals surface area contributed by atoms with Crippen LogP contribution in [0.4, 0.5) is 0 Å². The molecule has 23 aromatic rings. The van der Waals surface area contributed by atoms with Gasteiger partial charge in [-0.05, 0) is 126 Å². The molecule has 16 aromatic carbocycles. The highest BCUT2D eigenvalue weighted by Crippen LogP contribution is 2.53. The van der Waals surface area contributed by atoms with Gasteiger partial charge in [0, 0.05) is 93.0 Å². The van der Waals surface area contributed by atoms with Crippen LogP contribution < -0.4 is 0 Å². The Morgan fingerprint density at radius 3 is 1.18 bits per heavy atom. The summed E-state index contributed by atoms with van der Waals surface area (Å²) in [5, 5.41) is 25.2. The highest BCUT2D eigenvalue weighted by Gasteiger charge is 2.29. The molecule has 7 nitrogen and oxygen atoms in total. The van der Waals surface area contributed by atoms with Gasteiger partial charge in [-0.2, -0.15) is 0 Å². The lowest BCUT2D eigenvalue weighted by molar-refractivity contribution is 0.671. The number of hydrogen-bond acceptors (Lipinski definition) is 5. The number of benzene rings is 16. The third-order valence-corrected chi connectivity index (χ3v) is 21.6. The van der Waals surface area contributed by atoms with Crippen molar-refractivity contribution in [3.63, 3.8) is 0 Å². The van der Waals surface area contributed by atoms with E-state index in [4.69, 9.17) is 18.8 Å². The van der Waals surface area contributed by atoms with Gasteiger partial charge in [0.1, 0.15) is 17.0 Å². The quantitative estimate of drug-likeness (QED) is 0.155. The van der Waals surface area contributed by atoms with Crippen LogP contribution in [0.5, 0.6) is 0 Å². The number of aromatic nitrogens is 5. The topological polar surface area (TPSA) is 74.8 Å². The van der Waals surface area contributed by atoms with Gasteiger partial charge < -0.3 is 13.4 Å². The summed E-state index contributed by atoms with van der Waals surface area (Å²) in [7, 11) is 0. The summed E-state index contributed by atoms with van der Waals surface area (Å²) >= 11 is 0. The maximum atomic E-state index is 7.04. The van der Waals surface area contributed by atoms with Gasteiger partial charge >= 0.3 is 0 Å². The Bertz CT molecular complexity index is 7480. The highest BCUT2D eigenvalue weighted by atomic mass is 16.3. The average molecular weight is 1320 g/mol. The number of hydrogen-bond donors (Lipinski definition) is 0. The predicted molar refractivity (Wildman–Crippen MR) is 434 cm³/mol. The van der Waals surface area contributed by atoms with Crippen LogP contribution in [0.25, 0.3) is 219 Å². The lowest BCUT2D eigenvalue weighted by Gasteiger charge is -2.15. The van der Waals surface area contributed by atoms with Crippen molar-refractivity contribution in [3.05, 3.63) is 346 Å². The van der Waals surface area contributed by atoms with Crippen molar-refractivity contribution in [1.82, 2.24) is 24.1 Å². The molecule has 0 fully saturated rings. The molecule has 0 amide bonds. The first-order valence-electron chi connectivity index (χ1n) is 35.4. The van der Waals surface area contributed by atoms with Crippen molar-refractivity contribution >= 4 is 163 Å². The van der Waals surface area contributed by atoms with Crippen LogP contribution in [0.3, 0.4) is 0 Å². The molecule has 7 aromatic heterocycles. The molecule has 0 saturated carbocycles. The molecule has 7 heteroatoms. The summed E-state index contributed by atoms with van der Waals surface area (Å²) < 4.78 is 18.7. The van der Waals surface area contributed by atoms with E-state index in [0.717, 1.165) is 139 Å². The summed E-state index contributed by atoms with van der Waals surface area (Å²) in [5.41, 5.74) is 18.2. The van der Waals surface area contributed by atoms with E-state index >= 15 is 0 Å². The van der Waals surface area contributed by atoms with E-state index in [2.05, 4.69) is 342 Å². The summed E-state index contributed by atoms with van der Waals surface area (Å²) in [6.45, 7) is 0. The molecule has 0 aliphatic rings. The van der Waals surface area contributed by atoms with Crippen LogP contribution in [-0.4, -0.2) is 24.1 Å². The summed E-state index contributed by atoms with van der Waals surface area (Å²) in [6.07, 6.45) is 3.71. The molecule has 0 bridgehead atoms. The first-order chi connectivity index (χ1) is 51.6. The van der Waals surface area contributed by atoms with E-state index < -0.39 is 0 Å². The van der Waals surface area contributed by atoms with E-state index in [1.807, 2.05) is 18.5 Å². The van der Waals surface area contributed by atoms with Gasteiger partial charge in [-0.3, -0.25) is 9.55 Å². The van der Waals surface area contributed by atoms with Crippen molar-refractivity contribution in [2.75, 3.05) is 0 Å². The molecule has 0 aliphatic heterocycles. The minimum Gasteiger partial charge on any atom is -0.454 e. The fourth-order valence-electron chi connectivity index (χ4n) is 17.2. The molecule has 482 valence electrons. The van der Waals surface area contributed by atoms with Crippen LogP contribution in [0, 0.1) is 0 Å². The molecular formula is C97H57N5O2. The van der Waals surface area contributed by atoms with Crippen LogP contribution in [0.2, 0.25) is 0 Å². The normalized spacial score (nSPS) is 12.0. The van der Waals surface area contributed by atoms with Gasteiger partial charge in [-0.1, -0.05) is 273 Å². The molecule has 0 atom stereocenters. The number of pyridine rings is 3. The zero-order chi connectivity index (χ0) is 68.1. The zero-order valence-electron chi connectivity index (χ0n) is 56.0. The second-order valence-corrected chi connectivity index (χ2v) is 27.1. The largest absolute Gasteiger partial charge is 0.454 e. The smallest absolute Gasteiger partial charge is 0.160 e. The number of para-hydroxylation sites is 4. The van der Waals surface area contributed by atoms with Crippen molar-refractivity contribution in [2.24, 2.45) is 0 Å². The van der Waals surface area contributed by atoms with Crippen LogP contribution >= 0.6 is 0 Å². The van der Waals surface area contributed by atoms with Crippen molar-refractivity contribution < 1.29 is 8.83 Å². The number of rotatable bonds is 6. The Kier molecular flexibility index (Phi) is 12.7. The van der Waals surface area contributed by atoms with Gasteiger partial charge in [0.15, 0.2) is 11.2 Å². The van der Waals surface area contributed by atoms with Crippen LogP contribution in [-0.2, 0) is 0 Å². The SMILES string of the molecule is c1ccc(-c2cc(-c3ccccc3)nc(-c3cccc(-n4c5ccccc5c5c6c7ccccc7c7ccccc7c6c6c7ccccc7oc6c54)c3)c2)cc1.c1ccc(-c2cc(-n3c4ccccc4c4c5c6ccccc6c6ccccc6c5c5c6ccccc6oc5c43)nc3cnccc23)cc1. The zero-order valence-corrected chi connectivity index (χ0v) is 56.0. The van der Waals surface area contributed by atoms with E-state index in [9.17, 15) is 0 Å². The van der Waals surface area contributed by atoms with Gasteiger partial charge in [0.05, 0.1) is 45.2 Å². The fourth-order valence-corrected chi connectivity index (χ4v) is 17.2. The lowest BCUT2D eigenvalue weighted by atomic mass is 9.89. The summed E-state index contributed by atoms with van der Waals surface area (Å²) in [5.74, 6) is 0.826. The molecule has 0 spiro atoms. The third kappa shape index (κ3) is 8.55. The Morgan fingerprint density at radius 2 is 0.654 bits per heavy atom. The second-order valence-electron chi connectivity index (χ2n) is 27.1.